The molecule has 0 fully saturated rings. The van der Waals surface area contributed by atoms with Crippen molar-refractivity contribution in [3.63, 3.8) is 0 Å². The third-order valence-electron chi connectivity index (χ3n) is 2.74. The first-order chi connectivity index (χ1) is 8.40. The largest absolute Gasteiger partial charge is 0.291 e. The normalized spacial score (nSPS) is 10.9. The summed E-state index contributed by atoms with van der Waals surface area (Å²) in [5.74, 6) is 0.544. The zero-order chi connectivity index (χ0) is 13.4. The third kappa shape index (κ3) is 2.28. The number of hydrogen-bond donors (Lipinski definition) is 0. The summed E-state index contributed by atoms with van der Waals surface area (Å²) in [6, 6.07) is 1.28. The second-order valence-electron chi connectivity index (χ2n) is 4.02. The van der Waals surface area contributed by atoms with E-state index in [2.05, 4.69) is 10.1 Å². The summed E-state index contributed by atoms with van der Waals surface area (Å²) in [4.78, 5) is 15.9. The van der Waals surface area contributed by atoms with Gasteiger partial charge in [0.15, 0.2) is 0 Å². The van der Waals surface area contributed by atoms with Crippen LogP contribution in [0.25, 0.3) is 0 Å². The molecule has 18 heavy (non-hydrogen) atoms. The van der Waals surface area contributed by atoms with Crippen LogP contribution in [0.4, 0.5) is 0 Å². The molecule has 7 heteroatoms. The summed E-state index contributed by atoms with van der Waals surface area (Å²) in [6.07, 6.45) is 0. The van der Waals surface area contributed by atoms with Gasteiger partial charge in [0.25, 0.3) is 5.56 Å². The molecule has 0 aromatic carbocycles. The van der Waals surface area contributed by atoms with E-state index in [4.69, 9.17) is 23.2 Å². The summed E-state index contributed by atoms with van der Waals surface area (Å²) in [5.41, 5.74) is 1.30. The van der Waals surface area contributed by atoms with Crippen molar-refractivity contribution in [2.75, 3.05) is 0 Å². The lowest BCUT2D eigenvalue weighted by Crippen LogP contribution is -2.24. The molecule has 2 rings (SSSR count). The SMILES string of the molecule is Cc1nn(C)c(Cn2c(C)nc(Cl)cc2=O)c1Cl. The number of nitrogens with zero attached hydrogens (tertiary/aromatic N) is 4. The third-order valence-corrected chi connectivity index (χ3v) is 3.42. The number of rotatable bonds is 2. The van der Waals surface area contributed by atoms with Crippen LogP contribution in [0.2, 0.25) is 10.2 Å². The number of halogens is 2. The molecule has 0 N–H and O–H groups in total. The molecule has 0 unspecified atom stereocenters. The minimum atomic E-state index is -0.206. The molecule has 0 aliphatic carbocycles. The van der Waals surface area contributed by atoms with Gasteiger partial charge in [0.05, 0.1) is 23.0 Å². The molecule has 0 saturated heterocycles. The fourth-order valence-electron chi connectivity index (χ4n) is 1.78. The van der Waals surface area contributed by atoms with E-state index in [-0.39, 0.29) is 10.7 Å². The van der Waals surface area contributed by atoms with Crippen LogP contribution in [0.5, 0.6) is 0 Å². The second-order valence-corrected chi connectivity index (χ2v) is 4.79. The van der Waals surface area contributed by atoms with E-state index in [0.29, 0.717) is 17.4 Å². The molecule has 0 saturated carbocycles. The predicted octanol–water partition coefficient (Wildman–Crippen LogP) is 1.95. The maximum absolute atomic E-state index is 11.9. The molecule has 0 amide bonds. The number of aryl methyl sites for hydroxylation is 3. The van der Waals surface area contributed by atoms with Gasteiger partial charge in [0, 0.05) is 13.1 Å². The lowest BCUT2D eigenvalue weighted by Gasteiger charge is -2.09. The fraction of sp³-hybridized carbons (Fsp3) is 0.364. The summed E-state index contributed by atoms with van der Waals surface area (Å²) >= 11 is 11.9. The Morgan fingerprint density at radius 1 is 1.33 bits per heavy atom. The first-order valence-corrected chi connectivity index (χ1v) is 6.07. The monoisotopic (exact) mass is 286 g/mol. The predicted molar refractivity (Wildman–Crippen MR) is 70.3 cm³/mol. The highest BCUT2D eigenvalue weighted by Gasteiger charge is 2.13. The van der Waals surface area contributed by atoms with Gasteiger partial charge in [-0.1, -0.05) is 23.2 Å². The van der Waals surface area contributed by atoms with E-state index >= 15 is 0 Å². The minimum absolute atomic E-state index is 0.195. The van der Waals surface area contributed by atoms with Crippen molar-refractivity contribution in [1.82, 2.24) is 19.3 Å². The summed E-state index contributed by atoms with van der Waals surface area (Å²) in [7, 11) is 1.79. The molecule has 0 atom stereocenters. The quantitative estimate of drug-likeness (QED) is 0.793. The summed E-state index contributed by atoms with van der Waals surface area (Å²) in [6.45, 7) is 3.87. The van der Waals surface area contributed by atoms with Gasteiger partial charge < -0.3 is 0 Å². The van der Waals surface area contributed by atoms with Crippen LogP contribution < -0.4 is 5.56 Å². The van der Waals surface area contributed by atoms with Crippen molar-refractivity contribution in [2.45, 2.75) is 20.4 Å². The molecule has 0 aliphatic heterocycles. The first kappa shape index (κ1) is 13.1. The van der Waals surface area contributed by atoms with E-state index in [9.17, 15) is 4.79 Å². The molecule has 2 aromatic rings. The van der Waals surface area contributed by atoms with E-state index in [1.807, 2.05) is 6.92 Å². The van der Waals surface area contributed by atoms with Crippen molar-refractivity contribution < 1.29 is 0 Å². The highest BCUT2D eigenvalue weighted by Crippen LogP contribution is 2.20. The van der Waals surface area contributed by atoms with Crippen LogP contribution in [0.1, 0.15) is 17.2 Å². The van der Waals surface area contributed by atoms with Crippen LogP contribution in [-0.4, -0.2) is 19.3 Å². The second kappa shape index (κ2) is 4.74. The Kier molecular flexibility index (Phi) is 3.45. The first-order valence-electron chi connectivity index (χ1n) is 5.32. The standard InChI is InChI=1S/C11H12Cl2N4O/c1-6-11(13)8(16(3)15-6)5-17-7(2)14-9(12)4-10(17)18/h4H,5H2,1-3H3. The van der Waals surface area contributed by atoms with Crippen molar-refractivity contribution in [3.8, 4) is 0 Å². The van der Waals surface area contributed by atoms with Gasteiger partial charge in [-0.3, -0.25) is 14.0 Å². The van der Waals surface area contributed by atoms with Crippen molar-refractivity contribution in [2.24, 2.45) is 7.05 Å². The van der Waals surface area contributed by atoms with Crippen LogP contribution in [0, 0.1) is 13.8 Å². The molecule has 0 bridgehead atoms. The van der Waals surface area contributed by atoms with Crippen molar-refractivity contribution >= 4 is 23.2 Å². The molecule has 96 valence electrons. The van der Waals surface area contributed by atoms with E-state index in [0.717, 1.165) is 11.4 Å². The molecule has 0 spiro atoms. The summed E-state index contributed by atoms with van der Waals surface area (Å²) in [5, 5.41) is 4.97. The maximum Gasteiger partial charge on any atom is 0.255 e. The zero-order valence-electron chi connectivity index (χ0n) is 10.2. The molecule has 5 nitrogen and oxygen atoms in total. The lowest BCUT2D eigenvalue weighted by atomic mass is 10.3. The Balaban J connectivity index is 2.50. The van der Waals surface area contributed by atoms with E-state index in [1.165, 1.54) is 10.6 Å². The average molecular weight is 287 g/mol. The van der Waals surface area contributed by atoms with Crippen molar-refractivity contribution in [1.29, 1.82) is 0 Å². The highest BCUT2D eigenvalue weighted by molar-refractivity contribution is 6.31. The van der Waals surface area contributed by atoms with E-state index in [1.54, 1.807) is 18.7 Å². The van der Waals surface area contributed by atoms with Gasteiger partial charge >= 0.3 is 0 Å². The van der Waals surface area contributed by atoms with Gasteiger partial charge in [0.2, 0.25) is 0 Å². The molecule has 2 aromatic heterocycles. The molecule has 0 radical (unpaired) electrons. The Bertz CT molecular complexity index is 660. The minimum Gasteiger partial charge on any atom is -0.291 e. The zero-order valence-corrected chi connectivity index (χ0v) is 11.7. The maximum atomic E-state index is 11.9. The van der Waals surface area contributed by atoms with E-state index < -0.39 is 0 Å². The molecule has 0 aliphatic rings. The van der Waals surface area contributed by atoms with Crippen LogP contribution in [-0.2, 0) is 13.6 Å². The molecule has 2 heterocycles. The Morgan fingerprint density at radius 3 is 2.50 bits per heavy atom. The van der Waals surface area contributed by atoms with Gasteiger partial charge in [0.1, 0.15) is 11.0 Å². The van der Waals surface area contributed by atoms with Gasteiger partial charge in [-0.2, -0.15) is 5.10 Å². The fourth-order valence-corrected chi connectivity index (χ4v) is 2.22. The molecular weight excluding hydrogens is 275 g/mol. The van der Waals surface area contributed by atoms with Gasteiger partial charge in [-0.25, -0.2) is 4.98 Å². The van der Waals surface area contributed by atoms with Crippen molar-refractivity contribution in [3.05, 3.63) is 43.8 Å². The van der Waals surface area contributed by atoms with Gasteiger partial charge in [-0.15, -0.1) is 0 Å². The topological polar surface area (TPSA) is 52.7 Å². The molecular formula is C11H12Cl2N4O. The summed E-state index contributed by atoms with van der Waals surface area (Å²) < 4.78 is 3.17. The average Bonchev–Trinajstić information content (AvgIpc) is 2.48. The highest BCUT2D eigenvalue weighted by atomic mass is 35.5. The lowest BCUT2D eigenvalue weighted by molar-refractivity contribution is 0.629. The Morgan fingerprint density at radius 2 is 2.00 bits per heavy atom. The Labute approximate surface area is 114 Å². The van der Waals surface area contributed by atoms with Crippen LogP contribution >= 0.6 is 23.2 Å². The Hall–Kier alpha value is -1.33. The number of aromatic nitrogens is 4. The smallest absolute Gasteiger partial charge is 0.255 e. The number of hydrogen-bond acceptors (Lipinski definition) is 3. The van der Waals surface area contributed by atoms with Crippen LogP contribution in [0.3, 0.4) is 0 Å². The van der Waals surface area contributed by atoms with Gasteiger partial charge in [-0.05, 0) is 13.8 Å². The van der Waals surface area contributed by atoms with Crippen LogP contribution in [0.15, 0.2) is 10.9 Å².